The molecular formula is C17H24N2O3. The summed E-state index contributed by atoms with van der Waals surface area (Å²) < 4.78 is 0. The lowest BCUT2D eigenvalue weighted by molar-refractivity contribution is -0.193. The van der Waals surface area contributed by atoms with Gasteiger partial charge >= 0.3 is 0 Å². The Hall–Kier alpha value is -1.10. The third-order valence-corrected chi connectivity index (χ3v) is 6.99. The van der Waals surface area contributed by atoms with E-state index in [-0.39, 0.29) is 29.9 Å². The lowest BCUT2D eigenvalue weighted by Gasteiger charge is -2.64. The molecule has 6 rings (SSSR count). The van der Waals surface area contributed by atoms with Crippen molar-refractivity contribution in [1.29, 1.82) is 0 Å². The summed E-state index contributed by atoms with van der Waals surface area (Å²) >= 11 is 0. The van der Waals surface area contributed by atoms with Crippen LogP contribution in [0.25, 0.3) is 0 Å². The maximum Gasteiger partial charge on any atom is 0.246 e. The van der Waals surface area contributed by atoms with Crippen molar-refractivity contribution in [3.05, 3.63) is 0 Å². The number of hydrogen-bond acceptors (Lipinski definition) is 3. The molecular weight excluding hydrogens is 280 g/mol. The minimum Gasteiger partial charge on any atom is -0.390 e. The van der Waals surface area contributed by atoms with Crippen LogP contribution in [-0.4, -0.2) is 57.0 Å². The summed E-state index contributed by atoms with van der Waals surface area (Å²) in [6.07, 6.45) is 7.45. The van der Waals surface area contributed by atoms with Gasteiger partial charge in [0, 0.05) is 12.1 Å². The van der Waals surface area contributed by atoms with Crippen LogP contribution in [0, 0.1) is 11.8 Å². The number of amides is 2. The third kappa shape index (κ3) is 1.63. The van der Waals surface area contributed by atoms with Gasteiger partial charge in [-0.15, -0.1) is 0 Å². The summed E-state index contributed by atoms with van der Waals surface area (Å²) in [7, 11) is 0. The maximum absolute atomic E-state index is 13.0. The predicted octanol–water partition coefficient (Wildman–Crippen LogP) is 0.903. The first-order valence-electron chi connectivity index (χ1n) is 8.81. The molecule has 2 saturated heterocycles. The zero-order chi connectivity index (χ0) is 15.1. The van der Waals surface area contributed by atoms with Crippen molar-refractivity contribution in [2.24, 2.45) is 11.8 Å². The highest BCUT2D eigenvalue weighted by molar-refractivity contribution is 5.96. The van der Waals surface area contributed by atoms with E-state index in [0.717, 1.165) is 45.1 Å². The Morgan fingerprint density at radius 2 is 1.82 bits per heavy atom. The monoisotopic (exact) mass is 304 g/mol. The molecule has 6 fully saturated rings. The van der Waals surface area contributed by atoms with Crippen molar-refractivity contribution < 1.29 is 14.7 Å². The minimum absolute atomic E-state index is 0.116. The first-order chi connectivity index (χ1) is 10.5. The molecule has 1 N–H and O–H groups in total. The van der Waals surface area contributed by atoms with Crippen LogP contribution in [0.1, 0.15) is 51.4 Å². The number of hydrogen-bond donors (Lipinski definition) is 1. The van der Waals surface area contributed by atoms with Crippen molar-refractivity contribution >= 4 is 11.8 Å². The Balaban J connectivity index is 1.51. The maximum atomic E-state index is 13.0. The summed E-state index contributed by atoms with van der Waals surface area (Å²) in [5, 5.41) is 10.9. The number of piperazine rings is 1. The Morgan fingerprint density at radius 1 is 1.09 bits per heavy atom. The molecule has 0 aromatic rings. The molecule has 5 nitrogen and oxygen atoms in total. The Bertz CT molecular complexity index is 546. The van der Waals surface area contributed by atoms with E-state index >= 15 is 0 Å². The summed E-state index contributed by atoms with van der Waals surface area (Å²) in [6.45, 7) is 0.982. The van der Waals surface area contributed by atoms with E-state index in [1.54, 1.807) is 4.90 Å². The van der Waals surface area contributed by atoms with Gasteiger partial charge in [-0.05, 0) is 63.2 Å². The van der Waals surface area contributed by atoms with Crippen LogP contribution in [-0.2, 0) is 9.59 Å². The third-order valence-electron chi connectivity index (χ3n) is 6.99. The van der Waals surface area contributed by atoms with Gasteiger partial charge in [0.2, 0.25) is 11.8 Å². The minimum atomic E-state index is -0.583. The molecule has 0 spiro atoms. The number of nitrogens with zero attached hydrogens (tertiary/aromatic N) is 2. The van der Waals surface area contributed by atoms with Crippen LogP contribution >= 0.6 is 0 Å². The summed E-state index contributed by atoms with van der Waals surface area (Å²) in [6, 6.07) is -0.219. The standard InChI is InChI=1S/C17H24N2O3/c20-14-9-19(15(21)13-2-1-3-18(13)14)16-5-11-4-12(6-16)8-17(22,7-11)10-16/h11-13,22H,1-10H2/t11-,12+,13?,16?,17?. The zero-order valence-electron chi connectivity index (χ0n) is 13.0. The van der Waals surface area contributed by atoms with E-state index in [1.165, 1.54) is 6.42 Å². The lowest BCUT2D eigenvalue weighted by Crippen LogP contribution is -2.71. The first-order valence-corrected chi connectivity index (χ1v) is 8.81. The van der Waals surface area contributed by atoms with Crippen LogP contribution in [0.3, 0.4) is 0 Å². The zero-order valence-corrected chi connectivity index (χ0v) is 13.0. The topological polar surface area (TPSA) is 60.9 Å². The molecule has 5 atom stereocenters. The molecule has 120 valence electrons. The molecule has 4 bridgehead atoms. The van der Waals surface area contributed by atoms with Crippen LogP contribution < -0.4 is 0 Å². The number of fused-ring (bicyclic) bond motifs is 1. The lowest BCUT2D eigenvalue weighted by atomic mass is 9.50. The highest BCUT2D eigenvalue weighted by atomic mass is 16.3. The predicted molar refractivity (Wildman–Crippen MR) is 78.8 cm³/mol. The molecule has 2 amide bonds. The Labute approximate surface area is 130 Å². The van der Waals surface area contributed by atoms with Gasteiger partial charge in [-0.1, -0.05) is 0 Å². The van der Waals surface area contributed by atoms with Gasteiger partial charge in [-0.25, -0.2) is 0 Å². The van der Waals surface area contributed by atoms with E-state index in [9.17, 15) is 14.7 Å². The molecule has 3 unspecified atom stereocenters. The smallest absolute Gasteiger partial charge is 0.246 e. The van der Waals surface area contributed by atoms with E-state index < -0.39 is 5.60 Å². The van der Waals surface area contributed by atoms with Crippen molar-refractivity contribution in [3.8, 4) is 0 Å². The van der Waals surface area contributed by atoms with Gasteiger partial charge < -0.3 is 14.9 Å². The molecule has 6 aliphatic rings. The molecule has 4 saturated carbocycles. The first kappa shape index (κ1) is 13.3. The van der Waals surface area contributed by atoms with Gasteiger partial charge in [-0.3, -0.25) is 9.59 Å². The number of aliphatic hydroxyl groups is 1. The fourth-order valence-electron chi connectivity index (χ4n) is 6.69. The summed E-state index contributed by atoms with van der Waals surface area (Å²) in [4.78, 5) is 29.2. The number of rotatable bonds is 1. The second-order valence-electron chi connectivity index (χ2n) is 8.58. The molecule has 0 aromatic carbocycles. The Kier molecular flexibility index (Phi) is 2.46. The van der Waals surface area contributed by atoms with Gasteiger partial charge in [0.05, 0.1) is 5.60 Å². The van der Waals surface area contributed by atoms with Crippen molar-refractivity contribution in [2.75, 3.05) is 13.1 Å². The SMILES string of the molecule is O=C1CN(C23C[C@@H]4C[C@@H](CC(O)(C4)C2)C3)C(=O)C2CCCN12. The molecule has 2 heterocycles. The normalized spacial score (nSPS) is 50.0. The molecule has 5 heteroatoms. The summed E-state index contributed by atoms with van der Waals surface area (Å²) in [5.74, 6) is 1.35. The van der Waals surface area contributed by atoms with Crippen LogP contribution in [0.15, 0.2) is 0 Å². The largest absolute Gasteiger partial charge is 0.390 e. The van der Waals surface area contributed by atoms with Crippen molar-refractivity contribution in [3.63, 3.8) is 0 Å². The number of carbonyl (C=O) groups is 2. The number of carbonyl (C=O) groups excluding carboxylic acids is 2. The molecule has 0 aromatic heterocycles. The van der Waals surface area contributed by atoms with Crippen LogP contribution in [0.4, 0.5) is 0 Å². The fourth-order valence-corrected chi connectivity index (χ4v) is 6.69. The highest BCUT2D eigenvalue weighted by Gasteiger charge is 2.61. The molecule has 22 heavy (non-hydrogen) atoms. The van der Waals surface area contributed by atoms with E-state index in [0.29, 0.717) is 18.3 Å². The fraction of sp³-hybridized carbons (Fsp3) is 0.882. The second-order valence-corrected chi connectivity index (χ2v) is 8.58. The van der Waals surface area contributed by atoms with Gasteiger partial charge in [-0.2, -0.15) is 0 Å². The molecule has 0 radical (unpaired) electrons. The van der Waals surface area contributed by atoms with E-state index in [1.807, 2.05) is 4.90 Å². The summed E-state index contributed by atoms with van der Waals surface area (Å²) in [5.41, 5.74) is -0.819. The second kappa shape index (κ2) is 4.05. The molecule has 4 aliphatic carbocycles. The van der Waals surface area contributed by atoms with Crippen LogP contribution in [0.2, 0.25) is 0 Å². The van der Waals surface area contributed by atoms with Gasteiger partial charge in [0.25, 0.3) is 0 Å². The molecule has 2 aliphatic heterocycles. The van der Waals surface area contributed by atoms with Gasteiger partial charge in [0.15, 0.2) is 0 Å². The van der Waals surface area contributed by atoms with E-state index in [4.69, 9.17) is 0 Å². The van der Waals surface area contributed by atoms with Crippen molar-refractivity contribution in [2.45, 2.75) is 68.5 Å². The van der Waals surface area contributed by atoms with Crippen LogP contribution in [0.5, 0.6) is 0 Å². The quantitative estimate of drug-likeness (QED) is 0.783. The average Bonchev–Trinajstić information content (AvgIpc) is 2.90. The van der Waals surface area contributed by atoms with Crippen molar-refractivity contribution in [1.82, 2.24) is 9.80 Å². The highest BCUT2D eigenvalue weighted by Crippen LogP contribution is 2.59. The Morgan fingerprint density at radius 3 is 2.50 bits per heavy atom. The van der Waals surface area contributed by atoms with E-state index in [2.05, 4.69) is 0 Å². The van der Waals surface area contributed by atoms with Gasteiger partial charge in [0.1, 0.15) is 12.6 Å². The average molecular weight is 304 g/mol.